The fourth-order valence-electron chi connectivity index (χ4n) is 1.55. The SMILES string of the molecule is CC1=BCCN1C(C)(C)C.[Cl][Zr]([Cl])[Cl]. The topological polar surface area (TPSA) is 3.24 Å². The van der Waals surface area contributed by atoms with Crippen LogP contribution < -0.4 is 0 Å². The van der Waals surface area contributed by atoms with Crippen molar-refractivity contribution < 1.29 is 18.2 Å². The fourth-order valence-corrected chi connectivity index (χ4v) is 1.55. The van der Waals surface area contributed by atoms with Gasteiger partial charge in [0.2, 0.25) is 0 Å². The van der Waals surface area contributed by atoms with Gasteiger partial charge in [-0.3, -0.25) is 0 Å². The Morgan fingerprint density at radius 3 is 1.86 bits per heavy atom. The molecule has 6 heteroatoms. The predicted octanol–water partition coefficient (Wildman–Crippen LogP) is 3.44. The average Bonchev–Trinajstić information content (AvgIpc) is 2.31. The van der Waals surface area contributed by atoms with Crippen molar-refractivity contribution in [1.82, 2.24) is 4.90 Å². The zero-order valence-electron chi connectivity index (χ0n) is 9.07. The van der Waals surface area contributed by atoms with Gasteiger partial charge in [0.1, 0.15) is 0 Å². The summed E-state index contributed by atoms with van der Waals surface area (Å²) in [7, 11) is 15.0. The van der Waals surface area contributed by atoms with Crippen molar-refractivity contribution in [1.29, 1.82) is 0 Å². The van der Waals surface area contributed by atoms with E-state index in [2.05, 4.69) is 39.5 Å². The normalized spacial score (nSPS) is 15.4. The van der Waals surface area contributed by atoms with Crippen molar-refractivity contribution in [3.63, 3.8) is 0 Å². The number of nitrogens with zero attached hydrogens (tertiary/aromatic N) is 1. The Bertz CT molecular complexity index is 200. The van der Waals surface area contributed by atoms with Crippen molar-refractivity contribution >= 4 is 38.0 Å². The molecule has 81 valence electrons. The number of rotatable bonds is 0. The zero-order chi connectivity index (χ0) is 11.4. The quantitative estimate of drug-likeness (QED) is 0.613. The van der Waals surface area contributed by atoms with Crippen LogP contribution >= 0.6 is 25.5 Å². The Hall–Kier alpha value is 1.49. The van der Waals surface area contributed by atoms with Gasteiger partial charge in [0, 0.05) is 0 Å². The second kappa shape index (κ2) is 6.94. The first-order valence-corrected chi connectivity index (χ1v) is 14.0. The third-order valence-electron chi connectivity index (χ3n) is 2.03. The molecule has 0 saturated carbocycles. The van der Waals surface area contributed by atoms with Gasteiger partial charge in [0.25, 0.3) is 0 Å². The fraction of sp³-hybridized carbons (Fsp3) is 0.875. The van der Waals surface area contributed by atoms with Crippen LogP contribution in [-0.4, -0.2) is 29.5 Å². The van der Waals surface area contributed by atoms with Gasteiger partial charge in [-0.1, -0.05) is 0 Å². The number of hydrogen-bond acceptors (Lipinski definition) is 1. The van der Waals surface area contributed by atoms with Gasteiger partial charge < -0.3 is 0 Å². The Balaban J connectivity index is 0.000000364. The number of halogens is 3. The maximum absolute atomic E-state index is 5.00. The van der Waals surface area contributed by atoms with Crippen LogP contribution in [0, 0.1) is 0 Å². The van der Waals surface area contributed by atoms with Gasteiger partial charge >= 0.3 is 107 Å². The number of hydrogen-bond donors (Lipinski definition) is 0. The third-order valence-corrected chi connectivity index (χ3v) is 2.03. The van der Waals surface area contributed by atoms with Gasteiger partial charge in [-0.05, 0) is 0 Å². The van der Waals surface area contributed by atoms with E-state index >= 15 is 0 Å². The van der Waals surface area contributed by atoms with E-state index in [4.69, 9.17) is 25.5 Å². The second-order valence-corrected chi connectivity index (χ2v) is 15.4. The van der Waals surface area contributed by atoms with Crippen LogP contribution in [0.1, 0.15) is 27.7 Å². The zero-order valence-corrected chi connectivity index (χ0v) is 13.8. The minimum atomic E-state index is -2.13. The summed E-state index contributed by atoms with van der Waals surface area (Å²) in [4.78, 5) is 2.45. The molecule has 0 N–H and O–H groups in total. The van der Waals surface area contributed by atoms with Crippen molar-refractivity contribution in [3.8, 4) is 0 Å². The summed E-state index contributed by atoms with van der Waals surface area (Å²) in [6.07, 6.45) is 1.23. The molecular weight excluding hydrogens is 318 g/mol. The molecule has 1 heterocycles. The third kappa shape index (κ3) is 6.88. The Labute approximate surface area is 106 Å². The Morgan fingerprint density at radius 2 is 1.71 bits per heavy atom. The molecule has 0 amide bonds. The van der Waals surface area contributed by atoms with Crippen LogP contribution in [0.3, 0.4) is 0 Å². The van der Waals surface area contributed by atoms with E-state index in [-0.39, 0.29) is 0 Å². The van der Waals surface area contributed by atoms with Crippen LogP contribution in [0.15, 0.2) is 0 Å². The summed E-state index contributed by atoms with van der Waals surface area (Å²) < 4.78 is 0. The summed E-state index contributed by atoms with van der Waals surface area (Å²) in [5.41, 5.74) is 1.75. The molecule has 0 spiro atoms. The predicted molar refractivity (Wildman–Crippen MR) is 65.3 cm³/mol. The summed E-state index contributed by atoms with van der Waals surface area (Å²) >= 11 is -2.13. The molecule has 0 aromatic heterocycles. The molecule has 0 fully saturated rings. The van der Waals surface area contributed by atoms with E-state index in [0.29, 0.717) is 5.54 Å². The molecule has 0 unspecified atom stereocenters. The van der Waals surface area contributed by atoms with Gasteiger partial charge in [-0.25, -0.2) is 0 Å². The van der Waals surface area contributed by atoms with Crippen molar-refractivity contribution in [2.24, 2.45) is 0 Å². The monoisotopic (exact) mass is 332 g/mol. The van der Waals surface area contributed by atoms with Crippen LogP contribution in [0.5, 0.6) is 0 Å². The van der Waals surface area contributed by atoms with E-state index in [0.717, 1.165) is 0 Å². The summed E-state index contributed by atoms with van der Waals surface area (Å²) in [6.45, 7) is 12.5. The minimum absolute atomic E-state index is 0.317. The Kier molecular flexibility index (Phi) is 7.68. The van der Waals surface area contributed by atoms with Gasteiger partial charge in [0.05, 0.1) is 0 Å². The molecule has 0 saturated heterocycles. The molecule has 0 aliphatic carbocycles. The van der Waals surface area contributed by atoms with E-state index in [1.54, 1.807) is 0 Å². The molecule has 0 atom stereocenters. The molecule has 1 nitrogen and oxygen atoms in total. The van der Waals surface area contributed by atoms with E-state index < -0.39 is 18.2 Å². The first-order chi connectivity index (χ1) is 6.25. The van der Waals surface area contributed by atoms with Gasteiger partial charge in [-0.15, -0.1) is 0 Å². The summed E-state index contributed by atoms with van der Waals surface area (Å²) in [5, 5.41) is 0. The standard InChI is InChI=1S/C8H16BN.3ClH.Zr/c1-7-9-5-6-10(7)8(2,3)4;;;;/h5-6H2,1-4H3;3*1H;/q;;;;+3/p-3. The van der Waals surface area contributed by atoms with Crippen LogP contribution in [0.4, 0.5) is 0 Å². The maximum atomic E-state index is 5.00. The molecule has 1 rings (SSSR count). The van der Waals surface area contributed by atoms with E-state index in [1.165, 1.54) is 18.5 Å². The molecular formula is C8H16BCl3NZr. The van der Waals surface area contributed by atoms with Crippen molar-refractivity contribution in [2.75, 3.05) is 6.54 Å². The average molecular weight is 335 g/mol. The van der Waals surface area contributed by atoms with Crippen LogP contribution in [-0.2, 0) is 18.2 Å². The molecule has 0 aromatic rings. The molecule has 0 radical (unpaired) electrons. The first-order valence-electron chi connectivity index (χ1n) is 4.53. The van der Waals surface area contributed by atoms with E-state index in [1.807, 2.05) is 0 Å². The molecule has 1 aliphatic heterocycles. The van der Waals surface area contributed by atoms with Gasteiger partial charge in [0.15, 0.2) is 0 Å². The van der Waals surface area contributed by atoms with Crippen LogP contribution in [0.2, 0.25) is 6.32 Å². The molecule has 14 heavy (non-hydrogen) atoms. The molecule has 1 aliphatic rings. The van der Waals surface area contributed by atoms with E-state index in [9.17, 15) is 0 Å². The van der Waals surface area contributed by atoms with Crippen LogP contribution in [0.25, 0.3) is 0 Å². The van der Waals surface area contributed by atoms with Crippen molar-refractivity contribution in [2.45, 2.75) is 39.6 Å². The van der Waals surface area contributed by atoms with Gasteiger partial charge in [-0.2, -0.15) is 0 Å². The summed E-state index contributed by atoms with van der Waals surface area (Å²) in [6, 6.07) is 0. The first kappa shape index (κ1) is 15.5. The molecule has 0 aromatic carbocycles. The Morgan fingerprint density at radius 1 is 1.29 bits per heavy atom. The molecule has 0 bridgehead atoms. The van der Waals surface area contributed by atoms with Crippen molar-refractivity contribution in [3.05, 3.63) is 0 Å². The summed E-state index contributed by atoms with van der Waals surface area (Å²) in [5.74, 6) is 0. The second-order valence-electron chi connectivity index (χ2n) is 4.17.